The maximum atomic E-state index is 13.8. The van der Waals surface area contributed by atoms with E-state index < -0.39 is 5.67 Å². The Bertz CT molecular complexity index is 162. The highest BCUT2D eigenvalue weighted by Gasteiger charge is 2.49. The van der Waals surface area contributed by atoms with Crippen LogP contribution in [0.15, 0.2) is 0 Å². The average molecular weight is 158 g/mol. The van der Waals surface area contributed by atoms with Crippen molar-refractivity contribution in [2.75, 3.05) is 32.7 Å². The topological polar surface area (TPSA) is 15.3 Å². The van der Waals surface area contributed by atoms with Crippen molar-refractivity contribution < 1.29 is 4.39 Å². The lowest BCUT2D eigenvalue weighted by atomic mass is 9.97. The first-order valence-electron chi connectivity index (χ1n) is 4.36. The third-order valence-electron chi connectivity index (χ3n) is 2.95. The molecule has 2 aliphatic rings. The van der Waals surface area contributed by atoms with Gasteiger partial charge < -0.3 is 5.32 Å². The second-order valence-electron chi connectivity index (χ2n) is 3.69. The zero-order chi connectivity index (χ0) is 7.90. The van der Waals surface area contributed by atoms with Crippen molar-refractivity contribution in [3.63, 3.8) is 0 Å². The predicted octanol–water partition coefficient (Wildman–Crippen LogP) is 0.250. The molecule has 2 rings (SSSR count). The quantitative estimate of drug-likeness (QED) is 0.588. The van der Waals surface area contributed by atoms with Crippen molar-refractivity contribution in [3.05, 3.63) is 0 Å². The van der Waals surface area contributed by atoms with Crippen LogP contribution in [0.2, 0.25) is 0 Å². The van der Waals surface area contributed by atoms with E-state index in [9.17, 15) is 4.39 Å². The van der Waals surface area contributed by atoms with Gasteiger partial charge in [-0.1, -0.05) is 6.92 Å². The standard InChI is InChI=1S/C8H15FN2/c1-2-11-4-7-3-10-5-8(7,9)6-11/h7,10H,2-6H2,1H3. The van der Waals surface area contributed by atoms with E-state index >= 15 is 0 Å². The van der Waals surface area contributed by atoms with E-state index in [1.165, 1.54) is 0 Å². The molecule has 0 aromatic carbocycles. The van der Waals surface area contributed by atoms with Crippen LogP contribution in [0.1, 0.15) is 6.92 Å². The number of fused-ring (bicyclic) bond motifs is 1. The Hall–Kier alpha value is -0.150. The van der Waals surface area contributed by atoms with Crippen LogP contribution in [-0.4, -0.2) is 43.3 Å². The third kappa shape index (κ3) is 1.07. The number of hydrogen-bond acceptors (Lipinski definition) is 2. The molecule has 64 valence electrons. The molecule has 2 heterocycles. The first-order valence-corrected chi connectivity index (χ1v) is 4.36. The first-order chi connectivity index (χ1) is 5.24. The SMILES string of the molecule is CCN1CC2CNCC2(F)C1. The molecule has 0 amide bonds. The van der Waals surface area contributed by atoms with Crippen molar-refractivity contribution >= 4 is 0 Å². The Morgan fingerprint density at radius 2 is 2.55 bits per heavy atom. The molecule has 0 radical (unpaired) electrons. The van der Waals surface area contributed by atoms with Gasteiger partial charge in [-0.25, -0.2) is 4.39 Å². The average Bonchev–Trinajstić information content (AvgIpc) is 2.42. The summed E-state index contributed by atoms with van der Waals surface area (Å²) in [7, 11) is 0. The summed E-state index contributed by atoms with van der Waals surface area (Å²) in [5.74, 6) is 0.252. The first kappa shape index (κ1) is 7.50. The van der Waals surface area contributed by atoms with E-state index in [0.29, 0.717) is 13.1 Å². The zero-order valence-corrected chi connectivity index (χ0v) is 6.94. The second-order valence-corrected chi connectivity index (χ2v) is 3.69. The normalized spacial score (nSPS) is 44.7. The Morgan fingerprint density at radius 1 is 1.73 bits per heavy atom. The molecule has 1 N–H and O–H groups in total. The smallest absolute Gasteiger partial charge is 0.141 e. The highest BCUT2D eigenvalue weighted by atomic mass is 19.1. The lowest BCUT2D eigenvalue weighted by Gasteiger charge is -2.17. The number of hydrogen-bond donors (Lipinski definition) is 1. The van der Waals surface area contributed by atoms with Crippen LogP contribution in [0.4, 0.5) is 4.39 Å². The summed E-state index contributed by atoms with van der Waals surface area (Å²) in [6.45, 7) is 6.10. The summed E-state index contributed by atoms with van der Waals surface area (Å²) >= 11 is 0. The molecule has 0 aromatic heterocycles. The van der Waals surface area contributed by atoms with Gasteiger partial charge in [-0.05, 0) is 6.54 Å². The van der Waals surface area contributed by atoms with Crippen LogP contribution in [0.5, 0.6) is 0 Å². The van der Waals surface area contributed by atoms with Gasteiger partial charge in [0.1, 0.15) is 5.67 Å². The van der Waals surface area contributed by atoms with E-state index in [1.807, 2.05) is 0 Å². The molecular formula is C8H15FN2. The Morgan fingerprint density at radius 3 is 3.18 bits per heavy atom. The van der Waals surface area contributed by atoms with Gasteiger partial charge in [0.2, 0.25) is 0 Å². The summed E-state index contributed by atoms with van der Waals surface area (Å²) in [5.41, 5.74) is -0.907. The molecule has 2 unspecified atom stereocenters. The third-order valence-corrected chi connectivity index (χ3v) is 2.95. The van der Waals surface area contributed by atoms with Gasteiger partial charge in [-0.15, -0.1) is 0 Å². The number of likely N-dealkylation sites (tertiary alicyclic amines) is 1. The molecule has 11 heavy (non-hydrogen) atoms. The Labute approximate surface area is 66.8 Å². The van der Waals surface area contributed by atoms with E-state index in [4.69, 9.17) is 0 Å². The molecule has 0 spiro atoms. The fourth-order valence-corrected chi connectivity index (χ4v) is 2.18. The number of halogens is 1. The maximum Gasteiger partial charge on any atom is 0.141 e. The molecule has 0 saturated carbocycles. The largest absolute Gasteiger partial charge is 0.313 e. The van der Waals surface area contributed by atoms with Crippen LogP contribution < -0.4 is 5.32 Å². The Kier molecular flexibility index (Phi) is 1.65. The summed E-state index contributed by atoms with van der Waals surface area (Å²) in [5, 5.41) is 3.11. The molecule has 2 fully saturated rings. The number of rotatable bonds is 1. The van der Waals surface area contributed by atoms with Crippen LogP contribution in [-0.2, 0) is 0 Å². The van der Waals surface area contributed by atoms with Gasteiger partial charge in [0, 0.05) is 32.1 Å². The molecular weight excluding hydrogens is 143 g/mol. The van der Waals surface area contributed by atoms with Crippen LogP contribution >= 0.6 is 0 Å². The van der Waals surface area contributed by atoms with Crippen molar-refractivity contribution in [1.82, 2.24) is 10.2 Å². The highest BCUT2D eigenvalue weighted by Crippen LogP contribution is 2.33. The molecule has 2 saturated heterocycles. The van der Waals surface area contributed by atoms with Crippen LogP contribution in [0, 0.1) is 5.92 Å². The summed E-state index contributed by atoms with van der Waals surface area (Å²) in [6, 6.07) is 0. The highest BCUT2D eigenvalue weighted by molar-refractivity contribution is 5.04. The Balaban J connectivity index is 2.06. The summed E-state index contributed by atoms with van der Waals surface area (Å²) in [6.07, 6.45) is 0. The van der Waals surface area contributed by atoms with Crippen molar-refractivity contribution in [2.45, 2.75) is 12.6 Å². The summed E-state index contributed by atoms with van der Waals surface area (Å²) in [4.78, 5) is 2.20. The van der Waals surface area contributed by atoms with E-state index in [0.717, 1.165) is 19.6 Å². The minimum absolute atomic E-state index is 0.252. The van der Waals surface area contributed by atoms with Gasteiger partial charge in [0.05, 0.1) is 0 Å². The van der Waals surface area contributed by atoms with Gasteiger partial charge >= 0.3 is 0 Å². The molecule has 2 atom stereocenters. The van der Waals surface area contributed by atoms with Gasteiger partial charge in [-0.2, -0.15) is 0 Å². The lowest BCUT2D eigenvalue weighted by molar-refractivity contribution is 0.163. The molecule has 3 heteroatoms. The number of alkyl halides is 1. The van der Waals surface area contributed by atoms with Gasteiger partial charge in [-0.3, -0.25) is 4.90 Å². The number of nitrogens with one attached hydrogen (secondary N) is 1. The molecule has 2 aliphatic heterocycles. The maximum absolute atomic E-state index is 13.8. The number of nitrogens with zero attached hydrogens (tertiary/aromatic N) is 1. The minimum Gasteiger partial charge on any atom is -0.313 e. The fourth-order valence-electron chi connectivity index (χ4n) is 2.18. The van der Waals surface area contributed by atoms with Gasteiger partial charge in [0.25, 0.3) is 0 Å². The van der Waals surface area contributed by atoms with E-state index in [2.05, 4.69) is 17.1 Å². The predicted molar refractivity (Wildman–Crippen MR) is 42.3 cm³/mol. The van der Waals surface area contributed by atoms with Gasteiger partial charge in [0.15, 0.2) is 0 Å². The van der Waals surface area contributed by atoms with E-state index in [-0.39, 0.29) is 5.92 Å². The molecule has 0 aromatic rings. The molecule has 0 aliphatic carbocycles. The minimum atomic E-state index is -0.907. The molecule has 2 nitrogen and oxygen atoms in total. The molecule has 0 bridgehead atoms. The lowest BCUT2D eigenvalue weighted by Crippen LogP contribution is -2.34. The van der Waals surface area contributed by atoms with E-state index in [1.54, 1.807) is 0 Å². The van der Waals surface area contributed by atoms with Crippen molar-refractivity contribution in [3.8, 4) is 0 Å². The van der Waals surface area contributed by atoms with Crippen LogP contribution in [0.3, 0.4) is 0 Å². The van der Waals surface area contributed by atoms with Crippen molar-refractivity contribution in [2.24, 2.45) is 5.92 Å². The summed E-state index contributed by atoms with van der Waals surface area (Å²) < 4.78 is 13.8. The second kappa shape index (κ2) is 2.42. The van der Waals surface area contributed by atoms with Crippen LogP contribution in [0.25, 0.3) is 0 Å². The fraction of sp³-hybridized carbons (Fsp3) is 1.00. The monoisotopic (exact) mass is 158 g/mol. The van der Waals surface area contributed by atoms with Crippen molar-refractivity contribution in [1.29, 1.82) is 0 Å². The zero-order valence-electron chi connectivity index (χ0n) is 6.94.